The zero-order valence-corrected chi connectivity index (χ0v) is 18.0. The lowest BCUT2D eigenvalue weighted by Crippen LogP contribution is -2.47. The molecular weight excluding hydrogens is 362 g/mol. The first-order valence-electron chi connectivity index (χ1n) is 11.4. The molecule has 4 nitrogen and oxygen atoms in total. The SMILES string of the molecule is CC1=C[C@H](C)[C@H]2CO[C@@H](Cc3ccc(OC(=O)NC4CCCCC4)cc3)[C@H]1[C@@H]2C. The molecule has 4 rings (SSSR count). The van der Waals surface area contributed by atoms with Gasteiger partial charge in [-0.15, -0.1) is 0 Å². The van der Waals surface area contributed by atoms with Crippen LogP contribution in [-0.2, 0) is 11.2 Å². The third kappa shape index (κ3) is 4.69. The van der Waals surface area contributed by atoms with Crippen molar-refractivity contribution in [2.45, 2.75) is 71.4 Å². The Morgan fingerprint density at radius 3 is 2.59 bits per heavy atom. The zero-order valence-electron chi connectivity index (χ0n) is 18.0. The molecule has 0 radical (unpaired) electrons. The van der Waals surface area contributed by atoms with Crippen molar-refractivity contribution in [3.63, 3.8) is 0 Å². The van der Waals surface area contributed by atoms with Gasteiger partial charge in [0.05, 0.1) is 12.7 Å². The van der Waals surface area contributed by atoms with Crippen molar-refractivity contribution in [2.24, 2.45) is 23.7 Å². The lowest BCUT2D eigenvalue weighted by Gasteiger charge is -2.47. The molecule has 2 bridgehead atoms. The fraction of sp³-hybridized carbons (Fsp3) is 0.640. The van der Waals surface area contributed by atoms with Crippen molar-refractivity contribution >= 4 is 6.09 Å². The number of ether oxygens (including phenoxy) is 2. The van der Waals surface area contributed by atoms with E-state index in [4.69, 9.17) is 9.47 Å². The van der Waals surface area contributed by atoms with Crippen LogP contribution in [0.2, 0.25) is 0 Å². The number of carbonyl (C=O) groups excluding carboxylic acids is 1. The van der Waals surface area contributed by atoms with Crippen molar-refractivity contribution in [1.82, 2.24) is 5.32 Å². The molecule has 1 aromatic rings. The van der Waals surface area contributed by atoms with Crippen molar-refractivity contribution in [2.75, 3.05) is 6.61 Å². The maximum Gasteiger partial charge on any atom is 0.412 e. The molecule has 1 heterocycles. The summed E-state index contributed by atoms with van der Waals surface area (Å²) in [6, 6.07) is 8.19. The minimum absolute atomic E-state index is 0.228. The summed E-state index contributed by atoms with van der Waals surface area (Å²) in [5, 5.41) is 3.00. The van der Waals surface area contributed by atoms with E-state index in [1.807, 2.05) is 12.1 Å². The van der Waals surface area contributed by atoms with Gasteiger partial charge >= 0.3 is 6.09 Å². The van der Waals surface area contributed by atoms with E-state index >= 15 is 0 Å². The zero-order chi connectivity index (χ0) is 20.4. The summed E-state index contributed by atoms with van der Waals surface area (Å²) in [7, 11) is 0. The van der Waals surface area contributed by atoms with Crippen molar-refractivity contribution in [3.8, 4) is 5.75 Å². The topological polar surface area (TPSA) is 47.6 Å². The Balaban J connectivity index is 1.33. The van der Waals surface area contributed by atoms with E-state index in [2.05, 4.69) is 44.3 Å². The van der Waals surface area contributed by atoms with Gasteiger partial charge in [-0.1, -0.05) is 56.9 Å². The van der Waals surface area contributed by atoms with Gasteiger partial charge in [0, 0.05) is 12.0 Å². The maximum absolute atomic E-state index is 12.1. The molecule has 4 heteroatoms. The summed E-state index contributed by atoms with van der Waals surface area (Å²) in [5.74, 6) is 3.02. The fourth-order valence-electron chi connectivity index (χ4n) is 5.74. The molecule has 0 unspecified atom stereocenters. The van der Waals surface area contributed by atoms with E-state index in [9.17, 15) is 4.79 Å². The molecule has 1 saturated carbocycles. The monoisotopic (exact) mass is 397 g/mol. The molecule has 0 aromatic heterocycles. The number of rotatable bonds is 4. The van der Waals surface area contributed by atoms with Crippen LogP contribution in [0.4, 0.5) is 4.79 Å². The molecule has 5 atom stereocenters. The second-order valence-corrected chi connectivity index (χ2v) is 9.41. The average Bonchev–Trinajstić information content (AvgIpc) is 2.69. The summed E-state index contributed by atoms with van der Waals surface area (Å²) in [6.45, 7) is 7.82. The molecule has 0 spiro atoms. The van der Waals surface area contributed by atoms with E-state index in [-0.39, 0.29) is 18.2 Å². The normalized spacial score (nSPS) is 32.4. The summed E-state index contributed by atoms with van der Waals surface area (Å²) < 4.78 is 11.8. The van der Waals surface area contributed by atoms with Gasteiger partial charge in [0.1, 0.15) is 5.75 Å². The Labute approximate surface area is 175 Å². The molecule has 1 amide bonds. The van der Waals surface area contributed by atoms with Crippen molar-refractivity contribution in [1.29, 1.82) is 0 Å². The molecule has 1 N–H and O–H groups in total. The van der Waals surface area contributed by atoms with E-state index in [1.54, 1.807) is 0 Å². The van der Waals surface area contributed by atoms with E-state index in [0.717, 1.165) is 25.9 Å². The molecule has 29 heavy (non-hydrogen) atoms. The number of hydrogen-bond acceptors (Lipinski definition) is 3. The Morgan fingerprint density at radius 2 is 1.86 bits per heavy atom. The van der Waals surface area contributed by atoms with Gasteiger partial charge in [-0.3, -0.25) is 0 Å². The predicted molar refractivity (Wildman–Crippen MR) is 115 cm³/mol. The minimum atomic E-state index is -0.336. The molecule has 1 aliphatic heterocycles. The maximum atomic E-state index is 12.1. The molecular formula is C25H35NO3. The van der Waals surface area contributed by atoms with Crippen LogP contribution >= 0.6 is 0 Å². The first kappa shape index (κ1) is 20.5. The van der Waals surface area contributed by atoms with Gasteiger partial charge in [0.15, 0.2) is 0 Å². The van der Waals surface area contributed by atoms with Gasteiger partial charge in [0.25, 0.3) is 0 Å². The summed E-state index contributed by atoms with van der Waals surface area (Å²) in [5.41, 5.74) is 2.71. The highest BCUT2D eigenvalue weighted by Gasteiger charge is 2.43. The van der Waals surface area contributed by atoms with Crippen molar-refractivity contribution in [3.05, 3.63) is 41.5 Å². The van der Waals surface area contributed by atoms with Gasteiger partial charge in [-0.05, 0) is 61.6 Å². The minimum Gasteiger partial charge on any atom is -0.410 e. The number of nitrogens with one attached hydrogen (secondary N) is 1. The molecule has 1 saturated heterocycles. The van der Waals surface area contributed by atoms with Crippen LogP contribution in [0.3, 0.4) is 0 Å². The van der Waals surface area contributed by atoms with E-state index in [1.165, 1.54) is 30.4 Å². The molecule has 158 valence electrons. The Morgan fingerprint density at radius 1 is 1.14 bits per heavy atom. The number of fused-ring (bicyclic) bond motifs is 2. The van der Waals surface area contributed by atoms with Crippen LogP contribution in [-0.4, -0.2) is 24.8 Å². The van der Waals surface area contributed by atoms with Gasteiger partial charge in [-0.25, -0.2) is 4.79 Å². The number of hydrogen-bond donors (Lipinski definition) is 1. The largest absolute Gasteiger partial charge is 0.412 e. The molecule has 2 aliphatic carbocycles. The third-order valence-electron chi connectivity index (χ3n) is 7.37. The van der Waals surface area contributed by atoms with Gasteiger partial charge in [-0.2, -0.15) is 0 Å². The highest BCUT2D eigenvalue weighted by Crippen LogP contribution is 2.45. The fourth-order valence-corrected chi connectivity index (χ4v) is 5.74. The van der Waals surface area contributed by atoms with Crippen LogP contribution in [0.5, 0.6) is 5.75 Å². The van der Waals surface area contributed by atoms with Gasteiger partial charge < -0.3 is 14.8 Å². The van der Waals surface area contributed by atoms with Crippen LogP contribution in [0, 0.1) is 23.7 Å². The number of benzene rings is 1. The van der Waals surface area contributed by atoms with Crippen LogP contribution < -0.4 is 10.1 Å². The standard InChI is InChI=1S/C25H35NO3/c1-16-13-17(2)24-18(3)22(16)15-28-23(24)14-19-9-11-21(12-10-19)29-25(27)26-20-7-5-4-6-8-20/h9-13,16,18,20,22-24H,4-8,14-15H2,1-3H3,(H,26,27)/t16-,18+,22+,23-,24+/m0/s1. The summed E-state index contributed by atoms with van der Waals surface area (Å²) >= 11 is 0. The van der Waals surface area contributed by atoms with E-state index in [0.29, 0.717) is 29.4 Å². The highest BCUT2D eigenvalue weighted by atomic mass is 16.6. The number of amides is 1. The molecule has 2 fully saturated rings. The van der Waals surface area contributed by atoms with Crippen LogP contribution in [0.15, 0.2) is 35.9 Å². The predicted octanol–water partition coefficient (Wildman–Crippen LogP) is 5.51. The summed E-state index contributed by atoms with van der Waals surface area (Å²) in [4.78, 5) is 12.1. The lowest BCUT2D eigenvalue weighted by molar-refractivity contribution is -0.0901. The van der Waals surface area contributed by atoms with E-state index < -0.39 is 0 Å². The van der Waals surface area contributed by atoms with Crippen LogP contribution in [0.25, 0.3) is 0 Å². The quantitative estimate of drug-likeness (QED) is 0.681. The highest BCUT2D eigenvalue weighted by molar-refractivity contribution is 5.70. The summed E-state index contributed by atoms with van der Waals surface area (Å²) in [6.07, 6.45) is 9.01. The Bertz CT molecular complexity index is 735. The van der Waals surface area contributed by atoms with Crippen molar-refractivity contribution < 1.29 is 14.3 Å². The first-order chi connectivity index (χ1) is 14.0. The number of allylic oxidation sites excluding steroid dienone is 1. The first-order valence-corrected chi connectivity index (χ1v) is 11.4. The Kier molecular flexibility index (Phi) is 6.29. The third-order valence-corrected chi connectivity index (χ3v) is 7.37. The second kappa shape index (κ2) is 8.91. The van der Waals surface area contributed by atoms with Crippen LogP contribution in [0.1, 0.15) is 58.4 Å². The molecule has 1 aromatic carbocycles. The number of carbonyl (C=O) groups is 1. The van der Waals surface area contributed by atoms with Gasteiger partial charge in [0.2, 0.25) is 0 Å². The smallest absolute Gasteiger partial charge is 0.410 e. The molecule has 3 aliphatic rings. The average molecular weight is 398 g/mol. The Hall–Kier alpha value is -1.81. The lowest BCUT2D eigenvalue weighted by atomic mass is 9.65. The second-order valence-electron chi connectivity index (χ2n) is 9.41.